The van der Waals surface area contributed by atoms with E-state index in [0.29, 0.717) is 6.54 Å². The van der Waals surface area contributed by atoms with Crippen molar-refractivity contribution in [1.29, 1.82) is 5.26 Å². The zero-order valence-corrected chi connectivity index (χ0v) is 17.5. The van der Waals surface area contributed by atoms with Gasteiger partial charge in [0.1, 0.15) is 6.04 Å². The molecule has 2 aromatic rings. The van der Waals surface area contributed by atoms with Crippen LogP contribution in [0.4, 0.5) is 5.69 Å². The number of anilines is 1. The summed E-state index contributed by atoms with van der Waals surface area (Å²) in [6, 6.07) is 19.7. The van der Waals surface area contributed by atoms with Crippen molar-refractivity contribution in [2.45, 2.75) is 44.7 Å². The Morgan fingerprint density at radius 3 is 2.43 bits per heavy atom. The van der Waals surface area contributed by atoms with Gasteiger partial charge in [-0.15, -0.1) is 0 Å². The summed E-state index contributed by atoms with van der Waals surface area (Å²) < 4.78 is 0. The monoisotopic (exact) mass is 404 g/mol. The number of carbonyl (C=O) groups excluding carboxylic acids is 2. The number of amides is 2. The van der Waals surface area contributed by atoms with Crippen LogP contribution in [0, 0.1) is 11.3 Å². The lowest BCUT2D eigenvalue weighted by Crippen LogP contribution is -2.48. The summed E-state index contributed by atoms with van der Waals surface area (Å²) in [6.07, 6.45) is 1.82. The fraction of sp³-hybridized carbons (Fsp3) is 0.375. The average molecular weight is 405 g/mol. The molecule has 1 aliphatic heterocycles. The lowest BCUT2D eigenvalue weighted by Gasteiger charge is -2.27. The topological polar surface area (TPSA) is 85.2 Å². The first-order chi connectivity index (χ1) is 14.4. The first-order valence-electron chi connectivity index (χ1n) is 10.3. The maximum atomic E-state index is 12.5. The largest absolute Gasteiger partial charge is 0.326 e. The summed E-state index contributed by atoms with van der Waals surface area (Å²) in [5, 5.41) is 15.2. The third-order valence-corrected chi connectivity index (χ3v) is 5.32. The quantitative estimate of drug-likeness (QED) is 0.739. The zero-order valence-electron chi connectivity index (χ0n) is 17.5. The summed E-state index contributed by atoms with van der Waals surface area (Å²) in [4.78, 5) is 26.5. The fourth-order valence-corrected chi connectivity index (χ4v) is 3.66. The Balaban J connectivity index is 1.49. The van der Waals surface area contributed by atoms with Gasteiger partial charge in [0, 0.05) is 24.2 Å². The van der Waals surface area contributed by atoms with Crippen LogP contribution in [0.25, 0.3) is 11.1 Å². The van der Waals surface area contributed by atoms with Gasteiger partial charge in [-0.25, -0.2) is 0 Å². The van der Waals surface area contributed by atoms with E-state index in [1.54, 1.807) is 4.90 Å². The predicted octanol–water partition coefficient (Wildman–Crippen LogP) is 3.56. The molecule has 156 valence electrons. The van der Waals surface area contributed by atoms with E-state index in [1.165, 1.54) is 0 Å². The highest BCUT2D eigenvalue weighted by atomic mass is 16.2. The van der Waals surface area contributed by atoms with Crippen molar-refractivity contribution in [2.24, 2.45) is 0 Å². The fourth-order valence-electron chi connectivity index (χ4n) is 3.66. The smallest absolute Gasteiger partial charge is 0.237 e. The number of nitrogens with one attached hydrogen (secondary N) is 2. The van der Waals surface area contributed by atoms with Gasteiger partial charge in [-0.05, 0) is 49.9 Å². The molecule has 0 aliphatic carbocycles. The molecule has 0 unspecified atom stereocenters. The van der Waals surface area contributed by atoms with Crippen molar-refractivity contribution in [1.82, 2.24) is 10.2 Å². The molecule has 1 aliphatic rings. The van der Waals surface area contributed by atoms with E-state index >= 15 is 0 Å². The zero-order chi connectivity index (χ0) is 21.6. The van der Waals surface area contributed by atoms with Gasteiger partial charge < -0.3 is 15.5 Å². The number of benzene rings is 2. The summed E-state index contributed by atoms with van der Waals surface area (Å²) >= 11 is 0. The van der Waals surface area contributed by atoms with Crippen LogP contribution in [0.3, 0.4) is 0 Å². The molecule has 0 bridgehead atoms. The second kappa shape index (κ2) is 9.55. The van der Waals surface area contributed by atoms with Gasteiger partial charge >= 0.3 is 0 Å². The van der Waals surface area contributed by atoms with Crippen molar-refractivity contribution in [3.8, 4) is 17.2 Å². The molecule has 2 N–H and O–H groups in total. The molecule has 0 aromatic heterocycles. The molecule has 6 heteroatoms. The minimum Gasteiger partial charge on any atom is -0.326 e. The van der Waals surface area contributed by atoms with E-state index in [1.807, 2.05) is 68.4 Å². The molecular formula is C24H28N4O2. The Morgan fingerprint density at radius 1 is 1.10 bits per heavy atom. The van der Waals surface area contributed by atoms with Crippen LogP contribution in [0.15, 0.2) is 54.6 Å². The Hall–Kier alpha value is -3.17. The Kier molecular flexibility index (Phi) is 6.86. The molecule has 30 heavy (non-hydrogen) atoms. The Labute approximate surface area is 177 Å². The van der Waals surface area contributed by atoms with E-state index in [0.717, 1.165) is 29.7 Å². The number of likely N-dealkylation sites (tertiary alicyclic amines) is 1. The van der Waals surface area contributed by atoms with Crippen LogP contribution in [-0.2, 0) is 9.59 Å². The average Bonchev–Trinajstić information content (AvgIpc) is 3.22. The van der Waals surface area contributed by atoms with E-state index in [4.69, 9.17) is 5.26 Å². The molecular weight excluding hydrogens is 376 g/mol. The molecule has 1 saturated heterocycles. The summed E-state index contributed by atoms with van der Waals surface area (Å²) in [6.45, 7) is 4.52. The first-order valence-corrected chi connectivity index (χ1v) is 10.3. The van der Waals surface area contributed by atoms with E-state index in [-0.39, 0.29) is 30.8 Å². The highest BCUT2D eigenvalue weighted by molar-refractivity contribution is 5.91. The van der Waals surface area contributed by atoms with Crippen LogP contribution < -0.4 is 10.6 Å². The lowest BCUT2D eigenvalue weighted by atomic mass is 10.00. The van der Waals surface area contributed by atoms with Crippen molar-refractivity contribution >= 4 is 17.5 Å². The van der Waals surface area contributed by atoms with Gasteiger partial charge in [0.15, 0.2) is 0 Å². The van der Waals surface area contributed by atoms with Crippen LogP contribution in [0.5, 0.6) is 0 Å². The number of hydrogen-bond donors (Lipinski definition) is 2. The Bertz CT molecular complexity index is 916. The normalized spacial score (nSPS) is 16.2. The molecule has 3 rings (SSSR count). The van der Waals surface area contributed by atoms with E-state index < -0.39 is 5.54 Å². The maximum absolute atomic E-state index is 12.5. The summed E-state index contributed by atoms with van der Waals surface area (Å²) in [5.41, 5.74) is 2.40. The standard InChI is InChI=1S/C24H28N4O2/c1-24(2,26-17-23(30)28-14-6-9-21(28)16-25)15-22(29)27-20-12-10-19(11-13-20)18-7-4-3-5-8-18/h3-5,7-8,10-13,21,26H,6,9,14-15,17H2,1-2H3,(H,27,29)/t21-/m0/s1. The van der Waals surface area contributed by atoms with Crippen molar-refractivity contribution in [3.05, 3.63) is 54.6 Å². The molecule has 1 heterocycles. The molecule has 6 nitrogen and oxygen atoms in total. The van der Waals surface area contributed by atoms with Crippen molar-refractivity contribution in [2.75, 3.05) is 18.4 Å². The first kappa shape index (κ1) is 21.5. The van der Waals surface area contributed by atoms with Crippen molar-refractivity contribution in [3.63, 3.8) is 0 Å². The van der Waals surface area contributed by atoms with Crippen LogP contribution in [-0.4, -0.2) is 41.4 Å². The number of rotatable bonds is 7. The minimum atomic E-state index is -0.550. The predicted molar refractivity (Wildman–Crippen MR) is 118 cm³/mol. The van der Waals surface area contributed by atoms with Gasteiger partial charge in [-0.3, -0.25) is 9.59 Å². The molecule has 2 aromatic carbocycles. The third kappa shape index (κ3) is 5.68. The number of carbonyl (C=O) groups is 2. The summed E-state index contributed by atoms with van der Waals surface area (Å²) in [5.74, 6) is -0.215. The molecule has 1 fully saturated rings. The van der Waals surface area contributed by atoms with E-state index in [9.17, 15) is 9.59 Å². The SMILES string of the molecule is CC(C)(CC(=O)Nc1ccc(-c2ccccc2)cc1)NCC(=O)N1CCC[C@H]1C#N. The highest BCUT2D eigenvalue weighted by Gasteiger charge is 2.30. The van der Waals surface area contributed by atoms with Crippen LogP contribution in [0.1, 0.15) is 33.1 Å². The number of nitrogens with zero attached hydrogens (tertiary/aromatic N) is 2. The third-order valence-electron chi connectivity index (χ3n) is 5.32. The van der Waals surface area contributed by atoms with Gasteiger partial charge in [0.05, 0.1) is 12.6 Å². The molecule has 1 atom stereocenters. The molecule has 0 radical (unpaired) electrons. The second-order valence-electron chi connectivity index (χ2n) is 8.28. The number of hydrogen-bond acceptors (Lipinski definition) is 4. The summed E-state index contributed by atoms with van der Waals surface area (Å²) in [7, 11) is 0. The van der Waals surface area contributed by atoms with Gasteiger partial charge in [0.25, 0.3) is 0 Å². The number of nitriles is 1. The second-order valence-corrected chi connectivity index (χ2v) is 8.28. The Morgan fingerprint density at radius 2 is 1.77 bits per heavy atom. The highest BCUT2D eigenvalue weighted by Crippen LogP contribution is 2.21. The van der Waals surface area contributed by atoms with Crippen LogP contribution in [0.2, 0.25) is 0 Å². The van der Waals surface area contributed by atoms with Gasteiger partial charge in [-0.1, -0.05) is 42.5 Å². The maximum Gasteiger partial charge on any atom is 0.237 e. The van der Waals surface area contributed by atoms with Gasteiger partial charge in [0.2, 0.25) is 11.8 Å². The van der Waals surface area contributed by atoms with Crippen LogP contribution >= 0.6 is 0 Å². The van der Waals surface area contributed by atoms with Gasteiger partial charge in [-0.2, -0.15) is 5.26 Å². The minimum absolute atomic E-state index is 0.0935. The lowest BCUT2D eigenvalue weighted by molar-refractivity contribution is -0.130. The van der Waals surface area contributed by atoms with Crippen molar-refractivity contribution < 1.29 is 9.59 Å². The molecule has 2 amide bonds. The molecule has 0 saturated carbocycles. The molecule has 0 spiro atoms. The van der Waals surface area contributed by atoms with E-state index in [2.05, 4.69) is 16.7 Å².